The van der Waals surface area contributed by atoms with Crippen LogP contribution in [-0.2, 0) is 14.3 Å². The van der Waals surface area contributed by atoms with Gasteiger partial charge in [-0.05, 0) is 24.6 Å². The van der Waals surface area contributed by atoms with Gasteiger partial charge in [-0.15, -0.1) is 0 Å². The van der Waals surface area contributed by atoms with E-state index in [1.165, 1.54) is 13.8 Å². The Morgan fingerprint density at radius 1 is 1.25 bits per heavy atom. The molecule has 3 nitrogen and oxygen atoms in total. The number of carbonyl (C=O) groups excluding carboxylic acids is 2. The molecule has 0 aliphatic rings. The van der Waals surface area contributed by atoms with E-state index in [1.54, 1.807) is 24.3 Å². The molecule has 1 rings (SSSR count). The lowest BCUT2D eigenvalue weighted by Gasteiger charge is -2.15. The number of Topliss-reactive ketones (excluding diaryl/α,β-unsaturated/α-hetero) is 1. The van der Waals surface area contributed by atoms with Crippen LogP contribution in [0.15, 0.2) is 24.3 Å². The maximum absolute atomic E-state index is 11.1. The van der Waals surface area contributed by atoms with Crippen LogP contribution >= 0.6 is 11.6 Å². The summed E-state index contributed by atoms with van der Waals surface area (Å²) in [5.74, 6) is -0.428. The highest BCUT2D eigenvalue weighted by Gasteiger charge is 2.16. The molecular weight excluding hydrogens is 228 g/mol. The fourth-order valence-electron chi connectivity index (χ4n) is 1.37. The quantitative estimate of drug-likeness (QED) is 0.760. The summed E-state index contributed by atoms with van der Waals surface area (Å²) in [7, 11) is 0. The summed E-state index contributed by atoms with van der Waals surface area (Å²) >= 11 is 5.75. The van der Waals surface area contributed by atoms with Gasteiger partial charge in [0, 0.05) is 18.4 Å². The van der Waals surface area contributed by atoms with Gasteiger partial charge in [-0.2, -0.15) is 0 Å². The lowest BCUT2D eigenvalue weighted by Crippen LogP contribution is -2.11. The number of carbonyl (C=O) groups is 2. The summed E-state index contributed by atoms with van der Waals surface area (Å²) in [6.45, 7) is 2.79. The van der Waals surface area contributed by atoms with E-state index in [0.717, 1.165) is 5.56 Å². The summed E-state index contributed by atoms with van der Waals surface area (Å²) in [6.07, 6.45) is -0.339. The number of rotatable bonds is 4. The lowest BCUT2D eigenvalue weighted by atomic mass is 10.0. The lowest BCUT2D eigenvalue weighted by molar-refractivity contribution is -0.147. The molecule has 1 atom stereocenters. The third-order valence-corrected chi connectivity index (χ3v) is 2.27. The smallest absolute Gasteiger partial charge is 0.303 e. The largest absolute Gasteiger partial charge is 0.457 e. The van der Waals surface area contributed by atoms with Gasteiger partial charge in [-0.3, -0.25) is 9.59 Å². The van der Waals surface area contributed by atoms with Gasteiger partial charge in [-0.1, -0.05) is 23.7 Å². The molecule has 0 fully saturated rings. The number of halogens is 1. The Kier molecular flexibility index (Phi) is 4.50. The van der Waals surface area contributed by atoms with Gasteiger partial charge in [0.2, 0.25) is 0 Å². The van der Waals surface area contributed by atoms with E-state index in [0.29, 0.717) is 5.02 Å². The van der Waals surface area contributed by atoms with Gasteiger partial charge in [0.1, 0.15) is 11.9 Å². The molecule has 0 unspecified atom stereocenters. The summed E-state index contributed by atoms with van der Waals surface area (Å²) in [6, 6.07) is 6.90. The molecule has 0 aliphatic carbocycles. The zero-order chi connectivity index (χ0) is 12.1. The zero-order valence-corrected chi connectivity index (χ0v) is 9.95. The Labute approximate surface area is 99.4 Å². The van der Waals surface area contributed by atoms with Crippen LogP contribution < -0.4 is 0 Å². The van der Waals surface area contributed by atoms with Crippen molar-refractivity contribution in [3.63, 3.8) is 0 Å². The number of esters is 1. The Balaban J connectivity index is 2.86. The first-order chi connectivity index (χ1) is 7.49. The number of ether oxygens (including phenoxy) is 1. The molecule has 1 aromatic carbocycles. The number of hydrogen-bond acceptors (Lipinski definition) is 3. The van der Waals surface area contributed by atoms with Crippen molar-refractivity contribution in [2.24, 2.45) is 0 Å². The fraction of sp³-hybridized carbons (Fsp3) is 0.333. The molecule has 0 saturated carbocycles. The maximum atomic E-state index is 11.1. The molecule has 0 aromatic heterocycles. The average Bonchev–Trinajstić information content (AvgIpc) is 2.16. The first-order valence-corrected chi connectivity index (χ1v) is 5.29. The minimum Gasteiger partial charge on any atom is -0.457 e. The standard InChI is InChI=1S/C12H13ClO3/c1-8(14)7-12(16-9(2)15)10-3-5-11(13)6-4-10/h3-6,12H,7H2,1-2H3/t12-/m1/s1. The molecule has 86 valence electrons. The molecule has 0 amide bonds. The molecule has 0 radical (unpaired) electrons. The molecule has 0 bridgehead atoms. The highest BCUT2D eigenvalue weighted by atomic mass is 35.5. The minimum absolute atomic E-state index is 0.0267. The Bertz CT molecular complexity index is 368. The Morgan fingerprint density at radius 2 is 1.81 bits per heavy atom. The highest BCUT2D eigenvalue weighted by molar-refractivity contribution is 6.30. The predicted molar refractivity (Wildman–Crippen MR) is 61.3 cm³/mol. The van der Waals surface area contributed by atoms with Crippen LogP contribution in [-0.4, -0.2) is 11.8 Å². The second kappa shape index (κ2) is 5.66. The van der Waals surface area contributed by atoms with E-state index in [9.17, 15) is 9.59 Å². The number of hydrogen-bond donors (Lipinski definition) is 0. The Hall–Kier alpha value is -1.35. The molecule has 16 heavy (non-hydrogen) atoms. The predicted octanol–water partition coefficient (Wildman–Crippen LogP) is 2.92. The van der Waals surface area contributed by atoms with E-state index in [-0.39, 0.29) is 12.2 Å². The van der Waals surface area contributed by atoms with Crippen molar-refractivity contribution in [2.75, 3.05) is 0 Å². The van der Waals surface area contributed by atoms with Crippen molar-refractivity contribution in [3.05, 3.63) is 34.9 Å². The van der Waals surface area contributed by atoms with Crippen LogP contribution in [0.2, 0.25) is 5.02 Å². The number of benzene rings is 1. The summed E-state index contributed by atoms with van der Waals surface area (Å²) in [4.78, 5) is 22.0. The molecule has 0 spiro atoms. The third-order valence-electron chi connectivity index (χ3n) is 2.02. The van der Waals surface area contributed by atoms with E-state index in [1.807, 2.05) is 0 Å². The summed E-state index contributed by atoms with van der Waals surface area (Å²) in [5, 5.41) is 0.605. The first kappa shape index (κ1) is 12.7. The molecule has 0 saturated heterocycles. The van der Waals surface area contributed by atoms with Gasteiger partial charge in [0.05, 0.1) is 0 Å². The minimum atomic E-state index is -0.521. The zero-order valence-electron chi connectivity index (χ0n) is 9.20. The van der Waals surface area contributed by atoms with Gasteiger partial charge in [0.15, 0.2) is 0 Å². The van der Waals surface area contributed by atoms with Crippen molar-refractivity contribution in [1.82, 2.24) is 0 Å². The second-order valence-corrected chi connectivity index (χ2v) is 3.99. The van der Waals surface area contributed by atoms with Crippen LogP contribution in [0.5, 0.6) is 0 Å². The molecule has 1 aromatic rings. The van der Waals surface area contributed by atoms with E-state index in [4.69, 9.17) is 16.3 Å². The topological polar surface area (TPSA) is 43.4 Å². The average molecular weight is 241 g/mol. The fourth-order valence-corrected chi connectivity index (χ4v) is 1.49. The second-order valence-electron chi connectivity index (χ2n) is 3.56. The van der Waals surface area contributed by atoms with Gasteiger partial charge >= 0.3 is 5.97 Å². The van der Waals surface area contributed by atoms with Crippen LogP contribution in [0.25, 0.3) is 0 Å². The van der Waals surface area contributed by atoms with Crippen LogP contribution in [0.4, 0.5) is 0 Å². The summed E-state index contributed by atoms with van der Waals surface area (Å²) < 4.78 is 5.08. The van der Waals surface area contributed by atoms with Crippen molar-refractivity contribution >= 4 is 23.4 Å². The first-order valence-electron chi connectivity index (χ1n) is 4.91. The molecule has 4 heteroatoms. The summed E-state index contributed by atoms with van der Waals surface area (Å²) in [5.41, 5.74) is 0.773. The molecule has 0 N–H and O–H groups in total. The SMILES string of the molecule is CC(=O)C[C@@H](OC(C)=O)c1ccc(Cl)cc1. The molecule has 0 heterocycles. The molecule has 0 aliphatic heterocycles. The van der Waals surface area contributed by atoms with Crippen molar-refractivity contribution < 1.29 is 14.3 Å². The maximum Gasteiger partial charge on any atom is 0.303 e. The van der Waals surface area contributed by atoms with Crippen LogP contribution in [0.3, 0.4) is 0 Å². The number of ketones is 1. The van der Waals surface area contributed by atoms with Gasteiger partial charge < -0.3 is 4.74 Å². The highest BCUT2D eigenvalue weighted by Crippen LogP contribution is 2.23. The van der Waals surface area contributed by atoms with Crippen molar-refractivity contribution in [3.8, 4) is 0 Å². The van der Waals surface area contributed by atoms with E-state index >= 15 is 0 Å². The Morgan fingerprint density at radius 3 is 2.25 bits per heavy atom. The normalized spacial score (nSPS) is 11.9. The van der Waals surface area contributed by atoms with E-state index < -0.39 is 12.1 Å². The molecular formula is C12H13ClO3. The van der Waals surface area contributed by atoms with Crippen molar-refractivity contribution in [2.45, 2.75) is 26.4 Å². The van der Waals surface area contributed by atoms with Crippen LogP contribution in [0.1, 0.15) is 31.9 Å². The van der Waals surface area contributed by atoms with Crippen molar-refractivity contribution in [1.29, 1.82) is 0 Å². The monoisotopic (exact) mass is 240 g/mol. The van der Waals surface area contributed by atoms with E-state index in [2.05, 4.69) is 0 Å². The van der Waals surface area contributed by atoms with Gasteiger partial charge in [-0.25, -0.2) is 0 Å². The van der Waals surface area contributed by atoms with Crippen LogP contribution in [0, 0.1) is 0 Å². The third kappa shape index (κ3) is 4.03. The van der Waals surface area contributed by atoms with Gasteiger partial charge in [0.25, 0.3) is 0 Å².